The number of amides is 1. The van der Waals surface area contributed by atoms with Crippen LogP contribution in [-0.4, -0.2) is 27.8 Å². The van der Waals surface area contributed by atoms with Crippen molar-refractivity contribution in [1.82, 2.24) is 14.9 Å². The maximum absolute atomic E-state index is 13.4. The summed E-state index contributed by atoms with van der Waals surface area (Å²) in [7, 11) is 0. The van der Waals surface area contributed by atoms with Crippen molar-refractivity contribution < 1.29 is 4.79 Å². The molecule has 7 heteroatoms. The van der Waals surface area contributed by atoms with Crippen LogP contribution < -0.4 is 10.9 Å². The van der Waals surface area contributed by atoms with E-state index < -0.39 is 0 Å². The van der Waals surface area contributed by atoms with Crippen molar-refractivity contribution in [2.24, 2.45) is 0 Å². The highest BCUT2D eigenvalue weighted by Crippen LogP contribution is 2.29. The molecule has 0 saturated heterocycles. The van der Waals surface area contributed by atoms with Crippen molar-refractivity contribution >= 4 is 39.2 Å². The van der Waals surface area contributed by atoms with Crippen LogP contribution in [0.2, 0.25) is 0 Å². The number of rotatable bonds is 9. The SMILES string of the molecule is CCCCNC(=O)CSc1nc2sc(CC)c(C)c2c(=O)n1Cc1ccc(C)cc1. The average molecular weight is 444 g/mol. The molecule has 3 rings (SSSR count). The van der Waals surface area contributed by atoms with E-state index in [0.29, 0.717) is 23.6 Å². The first kappa shape index (κ1) is 22.6. The summed E-state index contributed by atoms with van der Waals surface area (Å²) in [6.07, 6.45) is 2.89. The number of unbranched alkanes of at least 4 members (excludes halogenated alkanes) is 1. The Labute approximate surface area is 185 Å². The lowest BCUT2D eigenvalue weighted by molar-refractivity contribution is -0.118. The monoisotopic (exact) mass is 443 g/mol. The number of thiophene rings is 1. The molecule has 160 valence electrons. The zero-order chi connectivity index (χ0) is 21.7. The van der Waals surface area contributed by atoms with E-state index in [4.69, 9.17) is 4.98 Å². The molecule has 0 radical (unpaired) electrons. The molecule has 0 spiro atoms. The molecule has 0 fully saturated rings. The van der Waals surface area contributed by atoms with Gasteiger partial charge in [-0.05, 0) is 37.8 Å². The van der Waals surface area contributed by atoms with Gasteiger partial charge in [0.2, 0.25) is 5.91 Å². The van der Waals surface area contributed by atoms with E-state index in [9.17, 15) is 9.59 Å². The van der Waals surface area contributed by atoms with Crippen LogP contribution in [0.5, 0.6) is 0 Å². The molecule has 0 saturated carbocycles. The third-order valence-electron chi connectivity index (χ3n) is 5.08. The van der Waals surface area contributed by atoms with Gasteiger partial charge >= 0.3 is 0 Å². The molecule has 0 atom stereocenters. The van der Waals surface area contributed by atoms with Crippen molar-refractivity contribution in [3.63, 3.8) is 0 Å². The Morgan fingerprint density at radius 3 is 2.60 bits per heavy atom. The number of benzene rings is 1. The molecule has 2 aromatic heterocycles. The summed E-state index contributed by atoms with van der Waals surface area (Å²) in [5.41, 5.74) is 3.23. The Kier molecular flexibility index (Phi) is 7.72. The second-order valence-electron chi connectivity index (χ2n) is 7.45. The largest absolute Gasteiger partial charge is 0.355 e. The highest BCUT2D eigenvalue weighted by Gasteiger charge is 2.18. The summed E-state index contributed by atoms with van der Waals surface area (Å²) in [4.78, 5) is 32.4. The number of aryl methyl sites for hydroxylation is 3. The topological polar surface area (TPSA) is 64.0 Å². The van der Waals surface area contributed by atoms with E-state index in [2.05, 4.69) is 19.2 Å². The fourth-order valence-corrected chi connectivity index (χ4v) is 5.28. The van der Waals surface area contributed by atoms with Crippen LogP contribution in [0.25, 0.3) is 10.2 Å². The summed E-state index contributed by atoms with van der Waals surface area (Å²) in [6, 6.07) is 8.17. The molecule has 0 aliphatic rings. The minimum atomic E-state index is -0.0266. The van der Waals surface area contributed by atoms with Crippen LogP contribution in [-0.2, 0) is 17.8 Å². The smallest absolute Gasteiger partial charge is 0.263 e. The summed E-state index contributed by atoms with van der Waals surface area (Å²) in [6.45, 7) is 9.37. The molecule has 0 bridgehead atoms. The van der Waals surface area contributed by atoms with Gasteiger partial charge in [-0.2, -0.15) is 0 Å². The Hall–Kier alpha value is -2.12. The van der Waals surface area contributed by atoms with E-state index in [1.807, 2.05) is 38.1 Å². The second-order valence-corrected chi connectivity index (χ2v) is 9.47. The molecule has 0 aliphatic heterocycles. The quantitative estimate of drug-likeness (QED) is 0.296. The fraction of sp³-hybridized carbons (Fsp3) is 0.435. The van der Waals surface area contributed by atoms with Crippen LogP contribution in [0.15, 0.2) is 34.2 Å². The molecule has 30 heavy (non-hydrogen) atoms. The first-order valence-electron chi connectivity index (χ1n) is 10.4. The zero-order valence-electron chi connectivity index (χ0n) is 18.1. The molecule has 1 aromatic carbocycles. The van der Waals surface area contributed by atoms with Crippen LogP contribution in [0, 0.1) is 13.8 Å². The second kappa shape index (κ2) is 10.3. The van der Waals surface area contributed by atoms with Gasteiger partial charge in [-0.1, -0.05) is 61.9 Å². The summed E-state index contributed by atoms with van der Waals surface area (Å²) in [5, 5.41) is 4.24. The van der Waals surface area contributed by atoms with Crippen molar-refractivity contribution in [2.75, 3.05) is 12.3 Å². The predicted octanol–water partition coefficient (Wildman–Crippen LogP) is 4.69. The van der Waals surface area contributed by atoms with Gasteiger partial charge in [-0.3, -0.25) is 14.2 Å². The normalized spacial score (nSPS) is 11.2. The maximum atomic E-state index is 13.4. The lowest BCUT2D eigenvalue weighted by Gasteiger charge is -2.13. The van der Waals surface area contributed by atoms with Gasteiger partial charge in [0.25, 0.3) is 5.56 Å². The molecule has 2 heterocycles. The summed E-state index contributed by atoms with van der Waals surface area (Å²) >= 11 is 2.92. The first-order chi connectivity index (χ1) is 14.4. The van der Waals surface area contributed by atoms with E-state index >= 15 is 0 Å². The maximum Gasteiger partial charge on any atom is 0.263 e. The first-order valence-corrected chi connectivity index (χ1v) is 12.2. The third-order valence-corrected chi connectivity index (χ3v) is 7.39. The average Bonchev–Trinajstić information content (AvgIpc) is 3.06. The van der Waals surface area contributed by atoms with Crippen molar-refractivity contribution in [1.29, 1.82) is 0 Å². The number of carbonyl (C=O) groups is 1. The molecule has 0 unspecified atom stereocenters. The van der Waals surface area contributed by atoms with E-state index in [0.717, 1.165) is 35.2 Å². The Balaban J connectivity index is 1.96. The van der Waals surface area contributed by atoms with Crippen LogP contribution in [0.1, 0.15) is 48.3 Å². The minimum absolute atomic E-state index is 0.0251. The predicted molar refractivity (Wildman–Crippen MR) is 127 cm³/mol. The number of nitrogens with zero attached hydrogens (tertiary/aromatic N) is 2. The molecule has 1 N–H and O–H groups in total. The van der Waals surface area contributed by atoms with E-state index in [1.165, 1.54) is 22.2 Å². The Morgan fingerprint density at radius 1 is 1.20 bits per heavy atom. The third kappa shape index (κ3) is 5.13. The zero-order valence-corrected chi connectivity index (χ0v) is 19.7. The number of fused-ring (bicyclic) bond motifs is 1. The number of thioether (sulfide) groups is 1. The van der Waals surface area contributed by atoms with Gasteiger partial charge in [0, 0.05) is 11.4 Å². The van der Waals surface area contributed by atoms with E-state index in [1.54, 1.807) is 15.9 Å². The van der Waals surface area contributed by atoms with Crippen molar-refractivity contribution in [2.45, 2.75) is 58.7 Å². The number of carbonyl (C=O) groups excluding carboxylic acids is 1. The lowest BCUT2D eigenvalue weighted by atomic mass is 10.1. The van der Waals surface area contributed by atoms with Gasteiger partial charge in [-0.15, -0.1) is 11.3 Å². The Morgan fingerprint density at radius 2 is 1.93 bits per heavy atom. The van der Waals surface area contributed by atoms with Gasteiger partial charge in [0.05, 0.1) is 17.7 Å². The Bertz CT molecular complexity index is 1080. The number of hydrogen-bond donors (Lipinski definition) is 1. The minimum Gasteiger partial charge on any atom is -0.355 e. The molecule has 5 nitrogen and oxygen atoms in total. The van der Waals surface area contributed by atoms with Gasteiger partial charge in [0.1, 0.15) is 4.83 Å². The number of hydrogen-bond acceptors (Lipinski definition) is 5. The summed E-state index contributed by atoms with van der Waals surface area (Å²) in [5.74, 6) is 0.224. The van der Waals surface area contributed by atoms with Crippen LogP contribution in [0.4, 0.5) is 0 Å². The molecular formula is C23H29N3O2S2. The highest BCUT2D eigenvalue weighted by atomic mass is 32.2. The number of nitrogens with one attached hydrogen (secondary N) is 1. The number of aromatic nitrogens is 2. The lowest BCUT2D eigenvalue weighted by Crippen LogP contribution is -2.27. The van der Waals surface area contributed by atoms with Gasteiger partial charge in [0.15, 0.2) is 5.16 Å². The van der Waals surface area contributed by atoms with Crippen molar-refractivity contribution in [3.05, 3.63) is 56.2 Å². The molecule has 3 aromatic rings. The molecule has 0 aliphatic carbocycles. The van der Waals surface area contributed by atoms with Crippen molar-refractivity contribution in [3.8, 4) is 0 Å². The van der Waals surface area contributed by atoms with Gasteiger partial charge < -0.3 is 5.32 Å². The highest BCUT2D eigenvalue weighted by molar-refractivity contribution is 7.99. The van der Waals surface area contributed by atoms with E-state index in [-0.39, 0.29) is 17.2 Å². The van der Waals surface area contributed by atoms with Crippen LogP contribution >= 0.6 is 23.1 Å². The summed E-state index contributed by atoms with van der Waals surface area (Å²) < 4.78 is 1.72. The van der Waals surface area contributed by atoms with Gasteiger partial charge in [-0.25, -0.2) is 4.98 Å². The fourth-order valence-electron chi connectivity index (χ4n) is 3.29. The molecular weight excluding hydrogens is 414 g/mol. The molecule has 1 amide bonds. The van der Waals surface area contributed by atoms with Crippen LogP contribution in [0.3, 0.4) is 0 Å². The standard InChI is InChI=1S/C23H29N3O2S2/c1-5-7-12-24-19(27)14-29-23-25-21-20(16(4)18(6-2)30-21)22(28)26(23)13-17-10-8-15(3)9-11-17/h8-11H,5-7,12-14H2,1-4H3,(H,24,27).